The van der Waals surface area contributed by atoms with E-state index >= 15 is 0 Å². The van der Waals surface area contributed by atoms with E-state index in [-0.39, 0.29) is 11.6 Å². The van der Waals surface area contributed by atoms with Crippen LogP contribution < -0.4 is 5.73 Å². The van der Waals surface area contributed by atoms with Crippen molar-refractivity contribution in [2.24, 2.45) is 5.73 Å². The van der Waals surface area contributed by atoms with Crippen molar-refractivity contribution < 1.29 is 5.11 Å². The highest BCUT2D eigenvalue weighted by atomic mass is 32.1. The Labute approximate surface area is 104 Å². The highest BCUT2D eigenvalue weighted by Gasteiger charge is 2.03. The van der Waals surface area contributed by atoms with Crippen LogP contribution in [0.5, 0.6) is 0 Å². The molecule has 1 aromatic carbocycles. The predicted octanol–water partition coefficient (Wildman–Crippen LogP) is 0.453. The summed E-state index contributed by atoms with van der Waals surface area (Å²) in [7, 11) is 0. The molecular weight excluding hydrogens is 236 g/mol. The van der Waals surface area contributed by atoms with Gasteiger partial charge in [-0.2, -0.15) is 0 Å². The van der Waals surface area contributed by atoms with Crippen molar-refractivity contribution in [1.29, 1.82) is 0 Å². The third-order valence-electron chi connectivity index (χ3n) is 2.31. The normalized spacial score (nSPS) is 10.4. The number of aromatic nitrogens is 3. The molecule has 6 heteroatoms. The number of nitrogens with two attached hydrogens (primary N) is 1. The van der Waals surface area contributed by atoms with Crippen molar-refractivity contribution >= 4 is 17.2 Å². The lowest BCUT2D eigenvalue weighted by Gasteiger charge is -2.02. The van der Waals surface area contributed by atoms with E-state index in [0.29, 0.717) is 12.4 Å². The highest BCUT2D eigenvalue weighted by Crippen LogP contribution is 2.06. The van der Waals surface area contributed by atoms with Gasteiger partial charge in [0, 0.05) is 0 Å². The number of hydrogen-bond donors (Lipinski definition) is 2. The smallest absolute Gasteiger partial charge is 0.208 e. The third-order valence-corrected chi connectivity index (χ3v) is 2.49. The van der Waals surface area contributed by atoms with E-state index in [1.165, 1.54) is 0 Å². The SMILES string of the molecule is NC(=S)c1ncn(Cc2ccc(CO)cc2)n1. The molecule has 3 N–H and O–H groups in total. The fourth-order valence-corrected chi connectivity index (χ4v) is 1.51. The summed E-state index contributed by atoms with van der Waals surface area (Å²) in [5.74, 6) is 0.381. The van der Waals surface area contributed by atoms with Crippen LogP contribution in [-0.4, -0.2) is 24.9 Å². The van der Waals surface area contributed by atoms with Gasteiger partial charge in [0.1, 0.15) is 11.3 Å². The van der Waals surface area contributed by atoms with Gasteiger partial charge in [-0.3, -0.25) is 0 Å². The van der Waals surface area contributed by atoms with Crippen molar-refractivity contribution in [3.05, 3.63) is 47.5 Å². The molecule has 0 radical (unpaired) electrons. The number of nitrogens with zero attached hydrogens (tertiary/aromatic N) is 3. The average molecular weight is 248 g/mol. The lowest BCUT2D eigenvalue weighted by atomic mass is 10.1. The highest BCUT2D eigenvalue weighted by molar-refractivity contribution is 7.80. The Morgan fingerprint density at radius 1 is 1.29 bits per heavy atom. The summed E-state index contributed by atoms with van der Waals surface area (Å²) in [6, 6.07) is 7.63. The Kier molecular flexibility index (Phi) is 3.46. The third kappa shape index (κ3) is 2.86. The summed E-state index contributed by atoms with van der Waals surface area (Å²) in [5, 5.41) is 13.1. The van der Waals surface area contributed by atoms with Crippen LogP contribution in [0.25, 0.3) is 0 Å². The first-order valence-corrected chi connectivity index (χ1v) is 5.48. The molecule has 0 spiro atoms. The quantitative estimate of drug-likeness (QED) is 0.768. The Morgan fingerprint density at radius 3 is 2.47 bits per heavy atom. The molecule has 0 aliphatic heterocycles. The lowest BCUT2D eigenvalue weighted by molar-refractivity contribution is 0.282. The fourth-order valence-electron chi connectivity index (χ4n) is 1.42. The molecule has 2 rings (SSSR count). The first-order chi connectivity index (χ1) is 8.19. The topological polar surface area (TPSA) is 77.0 Å². The molecule has 0 aliphatic carbocycles. The van der Waals surface area contributed by atoms with E-state index < -0.39 is 0 Å². The zero-order valence-electron chi connectivity index (χ0n) is 9.08. The molecule has 2 aromatic rings. The number of rotatable bonds is 4. The summed E-state index contributed by atoms with van der Waals surface area (Å²) >= 11 is 4.78. The Hall–Kier alpha value is -1.79. The molecule has 17 heavy (non-hydrogen) atoms. The largest absolute Gasteiger partial charge is 0.392 e. The first-order valence-electron chi connectivity index (χ1n) is 5.07. The zero-order chi connectivity index (χ0) is 12.3. The predicted molar refractivity (Wildman–Crippen MR) is 67.4 cm³/mol. The summed E-state index contributed by atoms with van der Waals surface area (Å²) in [5.41, 5.74) is 7.38. The number of hydrogen-bond acceptors (Lipinski definition) is 4. The molecule has 0 unspecified atom stereocenters. The van der Waals surface area contributed by atoms with Crippen LogP contribution >= 0.6 is 12.2 Å². The van der Waals surface area contributed by atoms with E-state index in [2.05, 4.69) is 10.1 Å². The fraction of sp³-hybridized carbons (Fsp3) is 0.182. The molecule has 1 aromatic heterocycles. The summed E-state index contributed by atoms with van der Waals surface area (Å²) in [4.78, 5) is 4.19. The van der Waals surface area contributed by atoms with Gasteiger partial charge in [0.2, 0.25) is 5.82 Å². The maximum absolute atomic E-state index is 8.93. The van der Waals surface area contributed by atoms with Crippen molar-refractivity contribution in [2.75, 3.05) is 0 Å². The van der Waals surface area contributed by atoms with Gasteiger partial charge in [0.05, 0.1) is 13.2 Å². The maximum atomic E-state index is 8.93. The lowest BCUT2D eigenvalue weighted by Crippen LogP contribution is -2.12. The Balaban J connectivity index is 2.11. The van der Waals surface area contributed by atoms with Crippen LogP contribution in [0.2, 0.25) is 0 Å². The van der Waals surface area contributed by atoms with Crippen LogP contribution in [0, 0.1) is 0 Å². The van der Waals surface area contributed by atoms with Gasteiger partial charge in [-0.25, -0.2) is 9.67 Å². The van der Waals surface area contributed by atoms with Gasteiger partial charge in [-0.15, -0.1) is 5.10 Å². The minimum absolute atomic E-state index is 0.0508. The van der Waals surface area contributed by atoms with Crippen molar-refractivity contribution in [3.8, 4) is 0 Å². The van der Waals surface area contributed by atoms with Crippen molar-refractivity contribution in [2.45, 2.75) is 13.2 Å². The van der Waals surface area contributed by atoms with Gasteiger partial charge >= 0.3 is 0 Å². The van der Waals surface area contributed by atoms with Crippen LogP contribution in [0.1, 0.15) is 17.0 Å². The van der Waals surface area contributed by atoms with Crippen LogP contribution in [0.15, 0.2) is 30.6 Å². The molecule has 5 nitrogen and oxygen atoms in total. The Bertz CT molecular complexity index is 521. The average Bonchev–Trinajstić information content (AvgIpc) is 2.79. The Morgan fingerprint density at radius 2 is 1.94 bits per heavy atom. The molecule has 88 valence electrons. The standard InChI is InChI=1S/C11H12N4OS/c12-10(17)11-13-7-15(14-11)5-8-1-3-9(6-16)4-2-8/h1-4,7,16H,5-6H2,(H2,12,17). The van der Waals surface area contributed by atoms with Gasteiger partial charge in [0.25, 0.3) is 0 Å². The molecular formula is C11H12N4OS. The second-order valence-corrected chi connectivity index (χ2v) is 4.04. The second kappa shape index (κ2) is 5.03. The summed E-state index contributed by atoms with van der Waals surface area (Å²) in [6.45, 7) is 0.649. The van der Waals surface area contributed by atoms with Gasteiger partial charge in [-0.1, -0.05) is 36.5 Å². The number of benzene rings is 1. The van der Waals surface area contributed by atoms with Crippen LogP contribution in [-0.2, 0) is 13.2 Å². The van der Waals surface area contributed by atoms with E-state index in [0.717, 1.165) is 11.1 Å². The zero-order valence-corrected chi connectivity index (χ0v) is 9.89. The molecule has 0 aliphatic rings. The van der Waals surface area contributed by atoms with Crippen molar-refractivity contribution in [1.82, 2.24) is 14.8 Å². The van der Waals surface area contributed by atoms with Gasteiger partial charge in [-0.05, 0) is 11.1 Å². The summed E-state index contributed by atoms with van der Waals surface area (Å²) in [6.07, 6.45) is 1.59. The molecule has 1 heterocycles. The molecule has 0 bridgehead atoms. The van der Waals surface area contributed by atoms with Gasteiger partial charge < -0.3 is 10.8 Å². The second-order valence-electron chi connectivity index (χ2n) is 3.60. The molecule has 0 saturated carbocycles. The number of thiocarbonyl (C=S) groups is 1. The number of aliphatic hydroxyl groups is 1. The minimum atomic E-state index is 0.0508. The van der Waals surface area contributed by atoms with E-state index in [1.807, 2.05) is 24.3 Å². The van der Waals surface area contributed by atoms with E-state index in [1.54, 1.807) is 11.0 Å². The van der Waals surface area contributed by atoms with E-state index in [4.69, 9.17) is 23.1 Å². The summed E-state index contributed by atoms with van der Waals surface area (Å²) < 4.78 is 1.67. The maximum Gasteiger partial charge on any atom is 0.208 e. The molecule has 0 saturated heterocycles. The van der Waals surface area contributed by atoms with Crippen LogP contribution in [0.4, 0.5) is 0 Å². The minimum Gasteiger partial charge on any atom is -0.392 e. The first kappa shape index (κ1) is 11.7. The van der Waals surface area contributed by atoms with E-state index in [9.17, 15) is 0 Å². The van der Waals surface area contributed by atoms with Crippen LogP contribution in [0.3, 0.4) is 0 Å². The molecule has 0 fully saturated rings. The number of aliphatic hydroxyl groups excluding tert-OH is 1. The monoisotopic (exact) mass is 248 g/mol. The molecule has 0 atom stereocenters. The van der Waals surface area contributed by atoms with Gasteiger partial charge in [0.15, 0.2) is 0 Å². The van der Waals surface area contributed by atoms with Crippen molar-refractivity contribution in [3.63, 3.8) is 0 Å². The molecule has 0 amide bonds.